The topological polar surface area (TPSA) is 17.8 Å². The minimum Gasteiger partial charge on any atom is -0.296 e. The molecule has 9 aromatic carbocycles. The fourth-order valence-electron chi connectivity index (χ4n) is 7.60. The summed E-state index contributed by atoms with van der Waals surface area (Å²) in [7, 11) is 0. The fourth-order valence-corrected chi connectivity index (χ4v) is 7.60. The van der Waals surface area contributed by atoms with Gasteiger partial charge in [-0.25, -0.2) is 4.98 Å². The first kappa shape index (κ1) is 19.2. The molecular formula is C51H36N2. The number of aryl methyl sites for hydroxylation is 1. The van der Waals surface area contributed by atoms with Gasteiger partial charge in [-0.3, -0.25) is 4.57 Å². The average Bonchev–Trinajstić information content (AvgIpc) is 3.73. The van der Waals surface area contributed by atoms with E-state index in [4.69, 9.17) is 20.6 Å². The van der Waals surface area contributed by atoms with Gasteiger partial charge < -0.3 is 0 Å². The quantitative estimate of drug-likeness (QED) is 0.159. The van der Waals surface area contributed by atoms with Crippen molar-refractivity contribution in [3.8, 4) is 50.2 Å². The van der Waals surface area contributed by atoms with Crippen LogP contribution < -0.4 is 0 Å². The average molecular weight is 692 g/mol. The zero-order chi connectivity index (χ0) is 48.3. The Morgan fingerprint density at radius 3 is 1.89 bits per heavy atom. The monoisotopic (exact) mass is 691 g/mol. The van der Waals surface area contributed by atoms with E-state index in [2.05, 4.69) is 4.98 Å². The van der Waals surface area contributed by atoms with Crippen LogP contribution in [0.1, 0.15) is 33.2 Å². The molecule has 1 heterocycles. The molecule has 10 rings (SSSR count). The number of hydrogen-bond donors (Lipinski definition) is 0. The Morgan fingerprint density at radius 2 is 1.13 bits per heavy atom. The van der Waals surface area contributed by atoms with Crippen molar-refractivity contribution in [2.45, 2.75) is 13.2 Å². The lowest BCUT2D eigenvalue weighted by atomic mass is 9.83. The molecule has 1 aromatic heterocycles. The summed E-state index contributed by atoms with van der Waals surface area (Å²) in [5.41, 5.74) is 4.99. The summed E-state index contributed by atoms with van der Waals surface area (Å²) in [6.45, 7) is -3.05. The third-order valence-corrected chi connectivity index (χ3v) is 9.84. The van der Waals surface area contributed by atoms with E-state index in [1.54, 1.807) is 59.2 Å². The lowest BCUT2D eigenvalue weighted by molar-refractivity contribution is 0.913. The van der Waals surface area contributed by atoms with Gasteiger partial charge in [-0.05, 0) is 102 Å². The maximum absolute atomic E-state index is 8.91. The Morgan fingerprint density at radius 1 is 0.509 bits per heavy atom. The van der Waals surface area contributed by atoms with Crippen LogP contribution in [0.5, 0.6) is 0 Å². The highest BCUT2D eigenvalue weighted by Gasteiger charge is 2.21. The summed E-state index contributed by atoms with van der Waals surface area (Å²) in [6.07, 6.45) is -2.84. The molecule has 2 heteroatoms. The van der Waals surface area contributed by atoms with Crippen molar-refractivity contribution in [3.63, 3.8) is 0 Å². The van der Waals surface area contributed by atoms with E-state index in [0.717, 1.165) is 27.3 Å². The summed E-state index contributed by atoms with van der Waals surface area (Å²) in [4.78, 5) is 4.56. The third-order valence-electron chi connectivity index (χ3n) is 9.84. The van der Waals surface area contributed by atoms with Gasteiger partial charge in [0.1, 0.15) is 5.82 Å². The highest BCUT2D eigenvalue weighted by Crippen LogP contribution is 2.47. The van der Waals surface area contributed by atoms with E-state index in [9.17, 15) is 0 Å². The Kier molecular flexibility index (Phi) is 4.62. The van der Waals surface area contributed by atoms with Gasteiger partial charge in [0.15, 0.2) is 0 Å². The molecule has 0 atom stereocenters. The van der Waals surface area contributed by atoms with Crippen molar-refractivity contribution in [1.82, 2.24) is 9.55 Å². The summed E-state index contributed by atoms with van der Waals surface area (Å²) >= 11 is 0. The molecule has 250 valence electrons. The Bertz CT molecular complexity index is 3720. The maximum atomic E-state index is 8.91. The van der Waals surface area contributed by atoms with Crippen LogP contribution in [0.2, 0.25) is 0 Å². The minimum absolute atomic E-state index is 0.00141. The van der Waals surface area contributed by atoms with Gasteiger partial charge in [0.05, 0.1) is 30.4 Å². The molecule has 0 spiro atoms. The number of nitrogens with zero attached hydrogens (tertiary/aromatic N) is 2. The number of para-hydroxylation sites is 2. The van der Waals surface area contributed by atoms with Gasteiger partial charge >= 0.3 is 0 Å². The second-order valence-corrected chi connectivity index (χ2v) is 12.7. The Balaban J connectivity index is 1.31. The number of imidazole rings is 1. The number of rotatable bonds is 6. The maximum Gasteiger partial charge on any atom is 0.114 e. The molecule has 0 bridgehead atoms. The van der Waals surface area contributed by atoms with E-state index in [1.807, 2.05) is 72.8 Å². The van der Waals surface area contributed by atoms with E-state index >= 15 is 0 Å². The predicted octanol–water partition coefficient (Wildman–Crippen LogP) is 13.7. The zero-order valence-electron chi connectivity index (χ0n) is 43.0. The number of hydrogen-bond acceptors (Lipinski definition) is 1. The molecule has 0 N–H and O–H groups in total. The van der Waals surface area contributed by atoms with E-state index in [0.29, 0.717) is 55.1 Å². The molecule has 0 fully saturated rings. The molecule has 0 saturated heterocycles. The van der Waals surface area contributed by atoms with Gasteiger partial charge in [0, 0.05) is 18.6 Å². The van der Waals surface area contributed by atoms with Crippen LogP contribution in [-0.2, 0) is 6.37 Å². The van der Waals surface area contributed by atoms with Crippen molar-refractivity contribution in [3.05, 3.63) is 194 Å². The highest BCUT2D eigenvalue weighted by molar-refractivity contribution is 6.24. The summed E-state index contributed by atoms with van der Waals surface area (Å²) < 4.78 is 130. The molecule has 0 aliphatic rings. The van der Waals surface area contributed by atoms with Crippen molar-refractivity contribution < 1.29 is 20.6 Å². The van der Waals surface area contributed by atoms with Crippen molar-refractivity contribution in [1.29, 1.82) is 0 Å². The SMILES string of the molecule is [2H]c1c([2H])c([2H])c(-c2cccc(-c3c4ccccc4c(-c4ccc(-n5c(C([2H])([2H])C([2H])([2H])[2H])nc6ccccc65)c5ccccc45)c4ccc(-c5c([2H])c([2H])c([2H])c([2H])c5[2H])cc34)c2)c([2H])c1[2H]. The molecule has 0 aliphatic carbocycles. The van der Waals surface area contributed by atoms with Crippen LogP contribution in [0, 0.1) is 0 Å². The molecule has 0 amide bonds. The molecule has 2 nitrogen and oxygen atoms in total. The smallest absolute Gasteiger partial charge is 0.114 e. The second kappa shape index (κ2) is 12.8. The van der Waals surface area contributed by atoms with Gasteiger partial charge in [0.2, 0.25) is 0 Å². The molecule has 53 heavy (non-hydrogen) atoms. The second-order valence-electron chi connectivity index (χ2n) is 12.7. The molecule has 0 unspecified atom stereocenters. The lowest BCUT2D eigenvalue weighted by Crippen LogP contribution is -2.01. The normalized spacial score (nSPS) is 16.1. The highest BCUT2D eigenvalue weighted by atomic mass is 15.1. The molecule has 0 aliphatic heterocycles. The van der Waals surface area contributed by atoms with E-state index in [-0.39, 0.29) is 41.1 Å². The van der Waals surface area contributed by atoms with Crippen molar-refractivity contribution >= 4 is 43.4 Å². The van der Waals surface area contributed by atoms with Crippen LogP contribution in [-0.4, -0.2) is 9.55 Å². The summed E-state index contributed by atoms with van der Waals surface area (Å²) in [5, 5.41) is 4.26. The number of aromatic nitrogens is 2. The van der Waals surface area contributed by atoms with Crippen LogP contribution in [0.3, 0.4) is 0 Å². The van der Waals surface area contributed by atoms with Gasteiger partial charge in [-0.1, -0.05) is 164 Å². The lowest BCUT2D eigenvalue weighted by Gasteiger charge is -2.21. The van der Waals surface area contributed by atoms with E-state index < -0.39 is 49.5 Å². The molecule has 0 radical (unpaired) electrons. The fraction of sp³-hybridized carbons (Fsp3) is 0.0392. The summed E-state index contributed by atoms with van der Waals surface area (Å²) in [5.74, 6) is -0.275. The molecular weight excluding hydrogens is 641 g/mol. The van der Waals surface area contributed by atoms with E-state index in [1.165, 1.54) is 0 Å². The van der Waals surface area contributed by atoms with Crippen LogP contribution in [0.15, 0.2) is 188 Å². The van der Waals surface area contributed by atoms with Crippen LogP contribution >= 0.6 is 0 Å². The first-order chi connectivity index (χ1) is 32.3. The van der Waals surface area contributed by atoms with Crippen LogP contribution in [0.25, 0.3) is 93.5 Å². The Labute approximate surface area is 330 Å². The largest absolute Gasteiger partial charge is 0.296 e. The predicted molar refractivity (Wildman–Crippen MR) is 225 cm³/mol. The van der Waals surface area contributed by atoms with Crippen molar-refractivity contribution in [2.75, 3.05) is 0 Å². The summed E-state index contributed by atoms with van der Waals surface area (Å²) in [6, 6.07) is 34.0. The van der Waals surface area contributed by atoms with Crippen LogP contribution in [0.4, 0.5) is 0 Å². The number of benzene rings is 9. The third kappa shape index (κ3) is 5.14. The molecule has 10 aromatic rings. The van der Waals surface area contributed by atoms with Gasteiger partial charge in [-0.15, -0.1) is 0 Å². The standard InChI is InChI=1S/C51H36N2/c1-2-49-52-46-26-13-14-27-48(46)53(49)47-31-30-43(39-22-9-10-23-40(39)47)51-42-25-12-11-24-41(42)50(38-21-15-20-36(32-38)34-16-5-3-6-17-34)45-33-37(28-29-44(45)51)35-18-7-4-8-19-35/h3-33H,2H2,1H3/i1D3,2D2,3D,4D,5D,6D,7D,8D,16D,17D,18D,19D. The first-order valence-electron chi connectivity index (χ1n) is 24.6. The Hall–Kier alpha value is -6.77. The molecule has 0 saturated carbocycles. The van der Waals surface area contributed by atoms with Crippen molar-refractivity contribution in [2.24, 2.45) is 0 Å². The van der Waals surface area contributed by atoms with Gasteiger partial charge in [-0.2, -0.15) is 0 Å². The number of fused-ring (bicyclic) bond motifs is 4. The first-order valence-corrected chi connectivity index (χ1v) is 17.1. The zero-order valence-corrected chi connectivity index (χ0v) is 28.0. The van der Waals surface area contributed by atoms with Gasteiger partial charge in [0.25, 0.3) is 0 Å². The minimum atomic E-state index is -3.05.